The van der Waals surface area contributed by atoms with Crippen molar-refractivity contribution in [3.05, 3.63) is 83.3 Å². The second-order valence-electron chi connectivity index (χ2n) is 10.4. The molecule has 1 aliphatic carbocycles. The molecule has 0 spiro atoms. The van der Waals surface area contributed by atoms with Gasteiger partial charge in [-0.1, -0.05) is 67.4 Å². The zero-order valence-corrected chi connectivity index (χ0v) is 23.6. The molecule has 8 heteroatoms. The van der Waals surface area contributed by atoms with Crippen LogP contribution >= 0.6 is 11.3 Å². The van der Waals surface area contributed by atoms with Gasteiger partial charge in [-0.3, -0.25) is 14.4 Å². The van der Waals surface area contributed by atoms with Gasteiger partial charge in [-0.25, -0.2) is 0 Å². The number of nitrogens with zero attached hydrogens (tertiary/aromatic N) is 2. The minimum absolute atomic E-state index is 0.102. The summed E-state index contributed by atoms with van der Waals surface area (Å²) in [5, 5.41) is 7.07. The third kappa shape index (κ3) is 7.77. The Bertz CT molecular complexity index is 1260. The van der Waals surface area contributed by atoms with Gasteiger partial charge in [0.15, 0.2) is 0 Å². The molecule has 0 atom stereocenters. The molecule has 0 aliphatic heterocycles. The zero-order chi connectivity index (χ0) is 27.7. The summed E-state index contributed by atoms with van der Waals surface area (Å²) < 4.78 is 1.05. The van der Waals surface area contributed by atoms with Gasteiger partial charge in [0.25, 0.3) is 5.91 Å². The molecule has 1 saturated carbocycles. The average Bonchev–Trinajstić information content (AvgIpc) is 3.59. The molecular weight excluding hydrogens is 508 g/mol. The normalized spacial score (nSPS) is 14.6. The van der Waals surface area contributed by atoms with Crippen LogP contribution in [0.2, 0.25) is 0 Å². The fraction of sp³-hybridized carbons (Fsp3) is 0.387. The van der Waals surface area contributed by atoms with Crippen molar-refractivity contribution in [1.29, 1.82) is 0 Å². The number of fused-ring (bicyclic) bond motifs is 1. The number of carbonyl (C=O) groups excluding carboxylic acids is 3. The van der Waals surface area contributed by atoms with E-state index in [0.29, 0.717) is 30.8 Å². The summed E-state index contributed by atoms with van der Waals surface area (Å²) in [6, 6.07) is 19.6. The average molecular weight is 547 g/mol. The number of rotatable bonds is 12. The second-order valence-corrected chi connectivity index (χ2v) is 11.5. The predicted molar refractivity (Wildman–Crippen MR) is 158 cm³/mol. The lowest BCUT2D eigenvalue weighted by Gasteiger charge is -2.34. The lowest BCUT2D eigenvalue weighted by atomic mass is 9.94. The van der Waals surface area contributed by atoms with Crippen molar-refractivity contribution in [1.82, 2.24) is 20.4 Å². The van der Waals surface area contributed by atoms with Gasteiger partial charge in [-0.2, -0.15) is 0 Å². The number of thiophene rings is 1. The number of carbonyl (C=O) groups is 3. The van der Waals surface area contributed by atoms with Crippen LogP contribution < -0.4 is 10.6 Å². The van der Waals surface area contributed by atoms with Gasteiger partial charge in [0, 0.05) is 30.4 Å². The van der Waals surface area contributed by atoms with Crippen molar-refractivity contribution in [3.8, 4) is 0 Å². The molecule has 0 bridgehead atoms. The Morgan fingerprint density at radius 2 is 1.72 bits per heavy atom. The van der Waals surface area contributed by atoms with Crippen molar-refractivity contribution < 1.29 is 14.4 Å². The van der Waals surface area contributed by atoms with E-state index in [9.17, 15) is 14.4 Å². The molecule has 1 aliphatic rings. The monoisotopic (exact) mass is 546 g/mol. The summed E-state index contributed by atoms with van der Waals surface area (Å²) in [5.74, 6) is -0.484. The highest BCUT2D eigenvalue weighted by Crippen LogP contribution is 2.33. The number of hydrogen-bond donors (Lipinski definition) is 2. The van der Waals surface area contributed by atoms with Crippen LogP contribution in [0.25, 0.3) is 10.1 Å². The number of hydrogen-bond acceptors (Lipinski definition) is 5. The minimum atomic E-state index is -0.954. The number of benzene rings is 2. The third-order valence-corrected chi connectivity index (χ3v) is 8.16. The molecule has 206 valence electrons. The summed E-state index contributed by atoms with van der Waals surface area (Å²) in [6.45, 7) is 2.17. The van der Waals surface area contributed by atoms with Gasteiger partial charge >= 0.3 is 0 Å². The Balaban J connectivity index is 1.48. The number of nitrogens with one attached hydrogen (secondary N) is 2. The molecule has 1 aromatic heterocycles. The smallest absolute Gasteiger partial charge is 0.262 e. The van der Waals surface area contributed by atoms with Crippen LogP contribution in [0.5, 0.6) is 0 Å². The Morgan fingerprint density at radius 3 is 2.44 bits per heavy atom. The van der Waals surface area contributed by atoms with E-state index in [1.165, 1.54) is 17.4 Å². The Hall–Kier alpha value is -3.49. The fourth-order valence-electron chi connectivity index (χ4n) is 5.02. The van der Waals surface area contributed by atoms with Crippen LogP contribution in [0.1, 0.15) is 47.3 Å². The first-order valence-electron chi connectivity index (χ1n) is 13.6. The van der Waals surface area contributed by atoms with E-state index < -0.39 is 5.54 Å². The molecule has 0 saturated heterocycles. The molecule has 2 aromatic carbocycles. The maximum atomic E-state index is 14.1. The van der Waals surface area contributed by atoms with Crippen LogP contribution in [0.15, 0.2) is 72.8 Å². The van der Waals surface area contributed by atoms with Gasteiger partial charge in [-0.05, 0) is 63.0 Å². The first-order valence-corrected chi connectivity index (χ1v) is 14.4. The summed E-state index contributed by atoms with van der Waals surface area (Å²) in [5.41, 5.74) is 0.0426. The molecular formula is C31H38N4O3S. The molecule has 4 rings (SSSR count). The minimum Gasteiger partial charge on any atom is -0.353 e. The van der Waals surface area contributed by atoms with Crippen molar-refractivity contribution >= 4 is 39.1 Å². The van der Waals surface area contributed by atoms with E-state index in [0.717, 1.165) is 41.5 Å². The highest BCUT2D eigenvalue weighted by molar-refractivity contribution is 7.20. The van der Waals surface area contributed by atoms with Crippen LogP contribution in [-0.4, -0.2) is 66.8 Å². The van der Waals surface area contributed by atoms with Crippen molar-refractivity contribution in [2.45, 2.75) is 44.2 Å². The van der Waals surface area contributed by atoms with E-state index in [4.69, 9.17) is 0 Å². The van der Waals surface area contributed by atoms with Crippen molar-refractivity contribution in [2.75, 3.05) is 33.7 Å². The van der Waals surface area contributed by atoms with Crippen molar-refractivity contribution in [3.63, 3.8) is 0 Å². The maximum Gasteiger partial charge on any atom is 0.262 e. The molecule has 0 radical (unpaired) electrons. The summed E-state index contributed by atoms with van der Waals surface area (Å²) in [6.07, 6.45) is 7.06. The largest absolute Gasteiger partial charge is 0.353 e. The highest BCUT2D eigenvalue weighted by atomic mass is 32.1. The molecule has 1 heterocycles. The number of amides is 3. The third-order valence-electron chi connectivity index (χ3n) is 7.05. The molecule has 3 aromatic rings. The van der Waals surface area contributed by atoms with E-state index >= 15 is 0 Å². The van der Waals surface area contributed by atoms with E-state index in [1.54, 1.807) is 11.0 Å². The second kappa shape index (κ2) is 13.5. The first-order chi connectivity index (χ1) is 18.9. The molecule has 2 N–H and O–H groups in total. The Kier molecular flexibility index (Phi) is 9.90. The van der Waals surface area contributed by atoms with Crippen LogP contribution in [0, 0.1) is 0 Å². The zero-order valence-electron chi connectivity index (χ0n) is 22.8. The summed E-state index contributed by atoms with van der Waals surface area (Å²) in [7, 11) is 4.00. The predicted octanol–water partition coefficient (Wildman–Crippen LogP) is 4.60. The molecule has 3 amide bonds. The van der Waals surface area contributed by atoms with Gasteiger partial charge in [0.05, 0.1) is 4.88 Å². The fourth-order valence-corrected chi connectivity index (χ4v) is 5.98. The summed E-state index contributed by atoms with van der Waals surface area (Å²) >= 11 is 1.44. The Labute approximate surface area is 234 Å². The van der Waals surface area contributed by atoms with E-state index in [2.05, 4.69) is 15.5 Å². The topological polar surface area (TPSA) is 81.8 Å². The lowest BCUT2D eigenvalue weighted by Crippen LogP contribution is -2.58. The standard InChI is InChI=1S/C31H38N4O3S/c1-34(2)20-11-19-32-28(36)16-10-21-35(23-24-12-4-3-5-13-24)30(38)31(17-8-9-18-31)33-29(37)27-22-25-14-6-7-15-26(25)39-27/h3-7,10,12-16,22H,8-9,11,17-21,23H2,1-2H3,(H,32,36)(H,33,37). The molecule has 0 unspecified atom stereocenters. The van der Waals surface area contributed by atoms with E-state index in [-0.39, 0.29) is 24.3 Å². The van der Waals surface area contributed by atoms with Crippen molar-refractivity contribution in [2.24, 2.45) is 0 Å². The highest BCUT2D eigenvalue weighted by Gasteiger charge is 2.45. The molecule has 39 heavy (non-hydrogen) atoms. The maximum absolute atomic E-state index is 14.1. The quantitative estimate of drug-likeness (QED) is 0.257. The van der Waals surface area contributed by atoms with Crippen LogP contribution in [0.3, 0.4) is 0 Å². The van der Waals surface area contributed by atoms with Gasteiger partial charge in [-0.15, -0.1) is 11.3 Å². The van der Waals surface area contributed by atoms with Crippen LogP contribution in [0.4, 0.5) is 0 Å². The molecule has 1 fully saturated rings. The van der Waals surface area contributed by atoms with Gasteiger partial charge in [0.2, 0.25) is 11.8 Å². The summed E-state index contributed by atoms with van der Waals surface area (Å²) in [4.78, 5) is 44.3. The first kappa shape index (κ1) is 28.5. The van der Waals surface area contributed by atoms with Gasteiger partial charge in [0.1, 0.15) is 5.54 Å². The lowest BCUT2D eigenvalue weighted by molar-refractivity contribution is -0.138. The van der Waals surface area contributed by atoms with Gasteiger partial charge < -0.3 is 20.4 Å². The van der Waals surface area contributed by atoms with E-state index in [1.807, 2.05) is 74.8 Å². The SMILES string of the molecule is CN(C)CCCNC(=O)C=CCN(Cc1ccccc1)C(=O)C1(NC(=O)c2cc3ccccc3s2)CCCC1. The van der Waals surface area contributed by atoms with Crippen LogP contribution in [-0.2, 0) is 16.1 Å². The molecule has 7 nitrogen and oxygen atoms in total. The Morgan fingerprint density at radius 1 is 1.00 bits per heavy atom.